The molecule has 0 spiro atoms. The van der Waals surface area contributed by atoms with Crippen LogP contribution in [-0.2, 0) is 4.74 Å². The number of benzene rings is 2. The number of nitrogens with one attached hydrogen (secondary N) is 1. The summed E-state index contributed by atoms with van der Waals surface area (Å²) < 4.78 is 5.66. The van der Waals surface area contributed by atoms with E-state index in [9.17, 15) is 0 Å². The third kappa shape index (κ3) is 2.99. The zero-order valence-electron chi connectivity index (χ0n) is 16.1. The zero-order chi connectivity index (χ0) is 18.9. The number of aliphatic imine (C=N–C) groups is 2. The van der Waals surface area contributed by atoms with Crippen LogP contribution in [0, 0.1) is 0 Å². The molecule has 3 heterocycles. The van der Waals surface area contributed by atoms with Gasteiger partial charge in [0.25, 0.3) is 6.02 Å². The number of methoxy groups -OCH3 is 1. The minimum atomic E-state index is 0.228. The molecule has 3 aliphatic heterocycles. The van der Waals surface area contributed by atoms with Crippen molar-refractivity contribution in [3.63, 3.8) is 0 Å². The van der Waals surface area contributed by atoms with Gasteiger partial charge in [0, 0.05) is 37.8 Å². The Kier molecular flexibility index (Phi) is 4.58. The van der Waals surface area contributed by atoms with E-state index < -0.39 is 0 Å². The van der Waals surface area contributed by atoms with Crippen molar-refractivity contribution in [3.8, 4) is 0 Å². The smallest absolute Gasteiger partial charge is 0.298 e. The first-order valence-electron chi connectivity index (χ1n) is 9.90. The molecule has 0 amide bonds. The molecule has 0 aromatic heterocycles. The lowest BCUT2D eigenvalue weighted by molar-refractivity contribution is 0.135. The van der Waals surface area contributed by atoms with Gasteiger partial charge in [-0.1, -0.05) is 42.5 Å². The van der Waals surface area contributed by atoms with E-state index >= 15 is 0 Å². The van der Waals surface area contributed by atoms with Gasteiger partial charge in [0.15, 0.2) is 0 Å². The third-order valence-corrected chi connectivity index (χ3v) is 5.78. The van der Waals surface area contributed by atoms with Crippen molar-refractivity contribution < 1.29 is 4.74 Å². The standard InChI is InChI=1S/C22H25N5O/c1-28-22-25-19-10-6-5-9-18(19)21-24-13-17(27(21)22)15-26-12-11-23-14-20(26)16-7-3-2-4-8-16/h2-10,17,20,23H,11-15H2,1H3. The van der Waals surface area contributed by atoms with E-state index in [1.807, 2.05) is 18.2 Å². The molecule has 0 aliphatic carbocycles. The van der Waals surface area contributed by atoms with Gasteiger partial charge in [-0.05, 0) is 17.7 Å². The van der Waals surface area contributed by atoms with Crippen molar-refractivity contribution >= 4 is 17.5 Å². The highest BCUT2D eigenvalue weighted by atomic mass is 16.5. The van der Waals surface area contributed by atoms with Crippen molar-refractivity contribution in [2.45, 2.75) is 12.1 Å². The Bertz CT molecular complexity index is 910. The van der Waals surface area contributed by atoms with Crippen molar-refractivity contribution in [2.24, 2.45) is 9.98 Å². The normalized spacial score (nSPS) is 24.2. The average Bonchev–Trinajstić information content (AvgIpc) is 3.18. The molecule has 6 heteroatoms. The van der Waals surface area contributed by atoms with Gasteiger partial charge in [-0.3, -0.25) is 14.8 Å². The summed E-state index contributed by atoms with van der Waals surface area (Å²) in [6.07, 6.45) is 0. The fraction of sp³-hybridized carbons (Fsp3) is 0.364. The first-order valence-corrected chi connectivity index (χ1v) is 9.90. The summed E-state index contributed by atoms with van der Waals surface area (Å²) in [6, 6.07) is 20.2. The van der Waals surface area contributed by atoms with E-state index in [-0.39, 0.29) is 6.04 Å². The number of rotatable bonds is 3. The van der Waals surface area contributed by atoms with Crippen LogP contribution in [0.15, 0.2) is 64.6 Å². The van der Waals surface area contributed by atoms with Gasteiger partial charge in [-0.2, -0.15) is 4.99 Å². The number of para-hydroxylation sites is 1. The summed E-state index contributed by atoms with van der Waals surface area (Å²) in [5.41, 5.74) is 3.38. The maximum Gasteiger partial charge on any atom is 0.298 e. The Morgan fingerprint density at radius 2 is 1.93 bits per heavy atom. The zero-order valence-corrected chi connectivity index (χ0v) is 16.1. The molecule has 144 valence electrons. The number of piperazine rings is 1. The third-order valence-electron chi connectivity index (χ3n) is 5.78. The van der Waals surface area contributed by atoms with Crippen LogP contribution in [0.5, 0.6) is 0 Å². The van der Waals surface area contributed by atoms with Crippen LogP contribution >= 0.6 is 0 Å². The molecule has 2 unspecified atom stereocenters. The van der Waals surface area contributed by atoms with Gasteiger partial charge in [0.1, 0.15) is 5.84 Å². The maximum absolute atomic E-state index is 5.66. The van der Waals surface area contributed by atoms with Gasteiger partial charge in [0.2, 0.25) is 0 Å². The fourth-order valence-electron chi connectivity index (χ4n) is 4.42. The van der Waals surface area contributed by atoms with Gasteiger partial charge in [-0.25, -0.2) is 0 Å². The van der Waals surface area contributed by atoms with Gasteiger partial charge in [-0.15, -0.1) is 0 Å². The molecule has 1 saturated heterocycles. The molecular formula is C22H25N5O. The lowest BCUT2D eigenvalue weighted by atomic mass is 10.0. The van der Waals surface area contributed by atoms with E-state index in [0.717, 1.165) is 49.8 Å². The quantitative estimate of drug-likeness (QED) is 0.895. The van der Waals surface area contributed by atoms with E-state index in [1.54, 1.807) is 7.11 Å². The molecule has 0 radical (unpaired) electrons. The minimum absolute atomic E-state index is 0.228. The van der Waals surface area contributed by atoms with Gasteiger partial charge in [0.05, 0.1) is 25.4 Å². The molecular weight excluding hydrogens is 350 g/mol. The number of nitrogens with zero attached hydrogens (tertiary/aromatic N) is 4. The number of hydrogen-bond acceptors (Lipinski definition) is 6. The van der Waals surface area contributed by atoms with E-state index in [1.165, 1.54) is 5.56 Å². The lowest BCUT2D eigenvalue weighted by Crippen LogP contribution is -2.53. The second kappa shape index (κ2) is 7.37. The highest BCUT2D eigenvalue weighted by Crippen LogP contribution is 2.32. The summed E-state index contributed by atoms with van der Waals surface area (Å²) in [4.78, 5) is 14.4. The number of ether oxygens (including phenoxy) is 1. The number of fused-ring (bicyclic) bond motifs is 3. The Labute approximate surface area is 165 Å². The number of hydrogen-bond donors (Lipinski definition) is 1. The summed E-state index contributed by atoms with van der Waals surface area (Å²) in [5.74, 6) is 0.985. The van der Waals surface area contributed by atoms with Crippen LogP contribution < -0.4 is 5.32 Å². The second-order valence-electron chi connectivity index (χ2n) is 7.43. The topological polar surface area (TPSA) is 52.5 Å². The van der Waals surface area contributed by atoms with Crippen molar-refractivity contribution in [3.05, 3.63) is 65.7 Å². The average molecular weight is 375 g/mol. The second-order valence-corrected chi connectivity index (χ2v) is 7.43. The lowest BCUT2D eigenvalue weighted by Gasteiger charge is -2.40. The van der Waals surface area contributed by atoms with Gasteiger partial charge < -0.3 is 10.1 Å². The first kappa shape index (κ1) is 17.4. The maximum atomic E-state index is 5.66. The Balaban J connectivity index is 1.41. The van der Waals surface area contributed by atoms with Crippen molar-refractivity contribution in [2.75, 3.05) is 39.8 Å². The fourth-order valence-corrected chi connectivity index (χ4v) is 4.42. The van der Waals surface area contributed by atoms with Crippen LogP contribution in [0.25, 0.3) is 0 Å². The van der Waals surface area contributed by atoms with E-state index in [0.29, 0.717) is 12.1 Å². The summed E-state index contributed by atoms with van der Waals surface area (Å²) in [6.45, 7) is 4.70. The van der Waals surface area contributed by atoms with E-state index in [4.69, 9.17) is 14.7 Å². The molecule has 3 aliphatic rings. The molecule has 6 nitrogen and oxygen atoms in total. The number of amidine groups is 2. The minimum Gasteiger partial charge on any atom is -0.468 e. The van der Waals surface area contributed by atoms with Gasteiger partial charge >= 0.3 is 0 Å². The molecule has 0 saturated carbocycles. The Hall–Kier alpha value is -2.70. The predicted molar refractivity (Wildman–Crippen MR) is 111 cm³/mol. The van der Waals surface area contributed by atoms with Crippen LogP contribution in [0.3, 0.4) is 0 Å². The molecule has 2 atom stereocenters. The highest BCUT2D eigenvalue weighted by Gasteiger charge is 2.39. The molecule has 28 heavy (non-hydrogen) atoms. The summed E-state index contributed by atoms with van der Waals surface area (Å²) in [7, 11) is 1.69. The molecule has 2 aromatic rings. The predicted octanol–water partition coefficient (Wildman–Crippen LogP) is 2.41. The SMILES string of the molecule is COC1=Nc2ccccc2C2=NCC(CN3CCNCC3c3ccccc3)N12. The summed E-state index contributed by atoms with van der Waals surface area (Å²) >= 11 is 0. The molecule has 1 N–H and O–H groups in total. The van der Waals surface area contributed by atoms with Crippen LogP contribution in [-0.4, -0.2) is 67.5 Å². The Morgan fingerprint density at radius 3 is 2.79 bits per heavy atom. The van der Waals surface area contributed by atoms with Crippen molar-refractivity contribution in [1.82, 2.24) is 15.1 Å². The molecule has 2 aromatic carbocycles. The molecule has 1 fully saturated rings. The molecule has 0 bridgehead atoms. The Morgan fingerprint density at radius 1 is 1.11 bits per heavy atom. The largest absolute Gasteiger partial charge is 0.468 e. The van der Waals surface area contributed by atoms with Crippen LogP contribution in [0.4, 0.5) is 5.69 Å². The molecule has 5 rings (SSSR count). The summed E-state index contributed by atoms with van der Waals surface area (Å²) in [5, 5.41) is 3.55. The monoisotopic (exact) mass is 375 g/mol. The van der Waals surface area contributed by atoms with E-state index in [2.05, 4.69) is 51.5 Å². The highest BCUT2D eigenvalue weighted by molar-refractivity contribution is 6.14. The van der Waals surface area contributed by atoms with Crippen LogP contribution in [0.1, 0.15) is 17.2 Å². The van der Waals surface area contributed by atoms with Crippen molar-refractivity contribution in [1.29, 1.82) is 0 Å². The first-order chi connectivity index (χ1) is 13.8. The van der Waals surface area contributed by atoms with Crippen LogP contribution in [0.2, 0.25) is 0 Å².